The number of rotatable bonds is 8. The Balaban J connectivity index is 2.29. The summed E-state index contributed by atoms with van der Waals surface area (Å²) in [6.45, 7) is 3.47. The lowest BCUT2D eigenvalue weighted by Crippen LogP contribution is -2.21. The fourth-order valence-electron chi connectivity index (χ4n) is 1.28. The molecule has 0 unspecified atom stereocenters. The maximum absolute atomic E-state index is 4.97. The molecule has 0 radical (unpaired) electrons. The molecule has 0 aliphatic rings. The van der Waals surface area contributed by atoms with Crippen LogP contribution >= 0.6 is 11.8 Å². The number of nitrogens with one attached hydrogen (secondary N) is 1. The summed E-state index contributed by atoms with van der Waals surface area (Å²) in [5.74, 6) is 1.10. The monoisotopic (exact) mass is 229 g/mol. The van der Waals surface area contributed by atoms with Gasteiger partial charge in [-0.15, -0.1) is 0 Å². The first-order valence-corrected chi connectivity index (χ1v) is 6.47. The average Bonchev–Trinajstić information content (AvgIpc) is 2.69. The standard InChI is InChI=1S/C10H19N3OS/c1-14-7-5-11-9-10-3-4-12-13(10)6-8-15-2/h3-4,11H,5-9H2,1-2H3. The zero-order valence-corrected chi connectivity index (χ0v) is 10.2. The maximum atomic E-state index is 4.97. The van der Waals surface area contributed by atoms with E-state index < -0.39 is 0 Å². The first kappa shape index (κ1) is 12.5. The van der Waals surface area contributed by atoms with Crippen LogP contribution in [0.15, 0.2) is 12.3 Å². The molecule has 5 heteroatoms. The molecule has 0 saturated heterocycles. The molecule has 0 fully saturated rings. The van der Waals surface area contributed by atoms with E-state index in [-0.39, 0.29) is 0 Å². The Labute approximate surface area is 95.4 Å². The predicted octanol–water partition coefficient (Wildman–Crippen LogP) is 0.982. The second kappa shape index (κ2) is 7.73. The van der Waals surface area contributed by atoms with Gasteiger partial charge in [0.05, 0.1) is 18.8 Å². The molecule has 0 bridgehead atoms. The van der Waals surface area contributed by atoms with Crippen molar-refractivity contribution in [3.8, 4) is 0 Å². The Hall–Kier alpha value is -0.520. The Morgan fingerprint density at radius 1 is 1.60 bits per heavy atom. The fourth-order valence-corrected chi connectivity index (χ4v) is 1.64. The molecule has 86 valence electrons. The van der Waals surface area contributed by atoms with Crippen LogP contribution in [0.25, 0.3) is 0 Å². The molecule has 1 aromatic rings. The Kier molecular flexibility index (Phi) is 6.47. The Morgan fingerprint density at radius 2 is 2.47 bits per heavy atom. The van der Waals surface area contributed by atoms with E-state index >= 15 is 0 Å². The van der Waals surface area contributed by atoms with Crippen molar-refractivity contribution in [2.24, 2.45) is 0 Å². The summed E-state index contributed by atoms with van der Waals surface area (Å²) >= 11 is 1.84. The van der Waals surface area contributed by atoms with E-state index in [0.29, 0.717) is 0 Å². The molecule has 0 aliphatic carbocycles. The van der Waals surface area contributed by atoms with Crippen LogP contribution in [0.5, 0.6) is 0 Å². The highest BCUT2D eigenvalue weighted by molar-refractivity contribution is 7.98. The molecule has 0 saturated carbocycles. The van der Waals surface area contributed by atoms with Gasteiger partial charge in [-0.1, -0.05) is 0 Å². The SMILES string of the molecule is COCCNCc1ccnn1CCSC. The minimum atomic E-state index is 0.749. The minimum absolute atomic E-state index is 0.749. The van der Waals surface area contributed by atoms with Crippen molar-refractivity contribution in [3.63, 3.8) is 0 Å². The third kappa shape index (κ3) is 4.68. The third-order valence-corrected chi connectivity index (χ3v) is 2.69. The van der Waals surface area contributed by atoms with E-state index in [0.717, 1.165) is 32.0 Å². The van der Waals surface area contributed by atoms with Gasteiger partial charge in [0, 0.05) is 32.1 Å². The molecule has 15 heavy (non-hydrogen) atoms. The molecule has 1 rings (SSSR count). The average molecular weight is 229 g/mol. The number of ether oxygens (including phenoxy) is 1. The van der Waals surface area contributed by atoms with Crippen LogP contribution in [0, 0.1) is 0 Å². The number of nitrogens with zero attached hydrogens (tertiary/aromatic N) is 2. The number of methoxy groups -OCH3 is 1. The van der Waals surface area contributed by atoms with Gasteiger partial charge in [0.1, 0.15) is 0 Å². The van der Waals surface area contributed by atoms with Crippen molar-refractivity contribution in [1.29, 1.82) is 0 Å². The van der Waals surface area contributed by atoms with E-state index in [1.165, 1.54) is 5.69 Å². The summed E-state index contributed by atoms with van der Waals surface area (Å²) in [6.07, 6.45) is 3.97. The number of aryl methyl sites for hydroxylation is 1. The lowest BCUT2D eigenvalue weighted by atomic mass is 10.4. The highest BCUT2D eigenvalue weighted by Gasteiger charge is 2.00. The van der Waals surface area contributed by atoms with Crippen molar-refractivity contribution >= 4 is 11.8 Å². The van der Waals surface area contributed by atoms with Crippen LogP contribution in [0.4, 0.5) is 0 Å². The smallest absolute Gasteiger partial charge is 0.0587 e. The third-order valence-electron chi connectivity index (χ3n) is 2.10. The van der Waals surface area contributed by atoms with Gasteiger partial charge in [-0.3, -0.25) is 4.68 Å². The van der Waals surface area contributed by atoms with Gasteiger partial charge in [0.2, 0.25) is 0 Å². The molecule has 0 spiro atoms. The number of hydrogen-bond donors (Lipinski definition) is 1. The van der Waals surface area contributed by atoms with Crippen LogP contribution in [0.3, 0.4) is 0 Å². The molecular weight excluding hydrogens is 210 g/mol. The lowest BCUT2D eigenvalue weighted by Gasteiger charge is -2.07. The van der Waals surface area contributed by atoms with Gasteiger partial charge in [-0.05, 0) is 12.3 Å². The van der Waals surface area contributed by atoms with Gasteiger partial charge in [-0.25, -0.2) is 0 Å². The van der Waals surface area contributed by atoms with E-state index in [2.05, 4.69) is 27.4 Å². The molecule has 0 atom stereocenters. The van der Waals surface area contributed by atoms with Gasteiger partial charge >= 0.3 is 0 Å². The van der Waals surface area contributed by atoms with Gasteiger partial charge in [0.15, 0.2) is 0 Å². The number of aromatic nitrogens is 2. The van der Waals surface area contributed by atoms with Crippen molar-refractivity contribution in [3.05, 3.63) is 18.0 Å². The van der Waals surface area contributed by atoms with E-state index in [1.807, 2.05) is 18.0 Å². The quantitative estimate of drug-likeness (QED) is 0.675. The summed E-state index contributed by atoms with van der Waals surface area (Å²) in [6, 6.07) is 2.06. The molecular formula is C10H19N3OS. The number of thioether (sulfide) groups is 1. The molecule has 1 heterocycles. The van der Waals surface area contributed by atoms with Crippen LogP contribution in [-0.2, 0) is 17.8 Å². The van der Waals surface area contributed by atoms with Crippen molar-refractivity contribution in [1.82, 2.24) is 15.1 Å². The van der Waals surface area contributed by atoms with Crippen molar-refractivity contribution in [2.75, 3.05) is 32.3 Å². The Bertz CT molecular complexity index is 265. The molecule has 0 aromatic carbocycles. The number of hydrogen-bond acceptors (Lipinski definition) is 4. The summed E-state index contributed by atoms with van der Waals surface area (Å²) in [4.78, 5) is 0. The largest absolute Gasteiger partial charge is 0.383 e. The van der Waals surface area contributed by atoms with Crippen LogP contribution < -0.4 is 5.32 Å². The lowest BCUT2D eigenvalue weighted by molar-refractivity contribution is 0.199. The van der Waals surface area contributed by atoms with Gasteiger partial charge in [0.25, 0.3) is 0 Å². The highest BCUT2D eigenvalue weighted by atomic mass is 32.2. The van der Waals surface area contributed by atoms with E-state index in [9.17, 15) is 0 Å². The molecule has 4 nitrogen and oxygen atoms in total. The summed E-state index contributed by atoms with van der Waals surface area (Å²) < 4.78 is 7.02. The van der Waals surface area contributed by atoms with Crippen LogP contribution in [0.1, 0.15) is 5.69 Å². The van der Waals surface area contributed by atoms with Gasteiger partial charge in [-0.2, -0.15) is 16.9 Å². The zero-order valence-electron chi connectivity index (χ0n) is 9.40. The topological polar surface area (TPSA) is 39.1 Å². The van der Waals surface area contributed by atoms with Crippen LogP contribution in [-0.4, -0.2) is 42.1 Å². The zero-order chi connectivity index (χ0) is 10.9. The molecule has 0 amide bonds. The van der Waals surface area contributed by atoms with Crippen LogP contribution in [0.2, 0.25) is 0 Å². The summed E-state index contributed by atoms with van der Waals surface area (Å²) in [5, 5.41) is 7.60. The minimum Gasteiger partial charge on any atom is -0.383 e. The summed E-state index contributed by atoms with van der Waals surface area (Å²) in [5.41, 5.74) is 1.24. The first-order chi connectivity index (χ1) is 7.38. The molecule has 1 N–H and O–H groups in total. The second-order valence-corrected chi connectivity index (χ2v) is 4.19. The summed E-state index contributed by atoms with van der Waals surface area (Å²) in [7, 11) is 1.71. The Morgan fingerprint density at radius 3 is 3.20 bits per heavy atom. The van der Waals surface area contributed by atoms with E-state index in [1.54, 1.807) is 7.11 Å². The highest BCUT2D eigenvalue weighted by Crippen LogP contribution is 2.01. The van der Waals surface area contributed by atoms with Gasteiger partial charge < -0.3 is 10.1 Å². The second-order valence-electron chi connectivity index (χ2n) is 3.21. The van der Waals surface area contributed by atoms with E-state index in [4.69, 9.17) is 4.74 Å². The maximum Gasteiger partial charge on any atom is 0.0587 e. The molecule has 0 aliphatic heterocycles. The van der Waals surface area contributed by atoms with Crippen molar-refractivity contribution < 1.29 is 4.74 Å². The fraction of sp³-hybridized carbons (Fsp3) is 0.700. The molecule has 1 aromatic heterocycles. The first-order valence-electron chi connectivity index (χ1n) is 5.07. The normalized spacial score (nSPS) is 10.8. The van der Waals surface area contributed by atoms with Crippen molar-refractivity contribution in [2.45, 2.75) is 13.1 Å². The predicted molar refractivity (Wildman–Crippen MR) is 64.2 cm³/mol.